The Balaban J connectivity index is 3.00. The first kappa shape index (κ1) is 14.9. The molecule has 6 heteroatoms. The van der Waals surface area contributed by atoms with Crippen molar-refractivity contribution in [2.24, 2.45) is 4.99 Å². The predicted molar refractivity (Wildman–Crippen MR) is 68.3 cm³/mol. The van der Waals surface area contributed by atoms with E-state index in [4.69, 9.17) is 4.74 Å². The summed E-state index contributed by atoms with van der Waals surface area (Å²) in [5.41, 5.74) is 0.0351. The Labute approximate surface area is 107 Å². The van der Waals surface area contributed by atoms with Gasteiger partial charge in [0.25, 0.3) is 0 Å². The number of rotatable bonds is 5. The summed E-state index contributed by atoms with van der Waals surface area (Å²) in [7, 11) is 3.15. The lowest BCUT2D eigenvalue weighted by Crippen LogP contribution is -2.44. The van der Waals surface area contributed by atoms with Crippen LogP contribution in [0.5, 0.6) is 0 Å². The largest absolute Gasteiger partial charge is 0.493 e. The van der Waals surface area contributed by atoms with Crippen LogP contribution in [0.4, 0.5) is 0 Å². The van der Waals surface area contributed by atoms with Gasteiger partial charge in [0.05, 0.1) is 36.8 Å². The Kier molecular flexibility index (Phi) is 5.13. The number of hydrogen-bond acceptors (Lipinski definition) is 6. The van der Waals surface area contributed by atoms with E-state index in [9.17, 15) is 15.3 Å². The Hall–Kier alpha value is -1.11. The van der Waals surface area contributed by atoms with Gasteiger partial charge in [-0.15, -0.1) is 0 Å². The molecule has 1 rings (SSSR count). The van der Waals surface area contributed by atoms with E-state index in [0.717, 1.165) is 0 Å². The minimum absolute atomic E-state index is 0.248. The highest BCUT2D eigenvalue weighted by atomic mass is 16.5. The van der Waals surface area contributed by atoms with E-state index in [-0.39, 0.29) is 19.4 Å². The van der Waals surface area contributed by atoms with E-state index in [1.165, 1.54) is 7.11 Å². The van der Waals surface area contributed by atoms with Gasteiger partial charge in [-0.05, 0) is 6.92 Å². The maximum atomic E-state index is 10.2. The van der Waals surface area contributed by atoms with Gasteiger partial charge < -0.3 is 25.4 Å². The molecule has 1 aliphatic carbocycles. The second-order valence-electron chi connectivity index (χ2n) is 4.65. The third-order valence-electron chi connectivity index (χ3n) is 2.92. The molecule has 2 atom stereocenters. The summed E-state index contributed by atoms with van der Waals surface area (Å²) in [5, 5.41) is 31.8. The summed E-state index contributed by atoms with van der Waals surface area (Å²) in [6.07, 6.45) is -0.0108. The molecule has 0 aromatic carbocycles. The van der Waals surface area contributed by atoms with Crippen molar-refractivity contribution >= 4 is 5.71 Å². The molecule has 0 spiro atoms. The zero-order chi connectivity index (χ0) is 13.8. The first-order valence-electron chi connectivity index (χ1n) is 5.94. The van der Waals surface area contributed by atoms with Crippen LogP contribution in [-0.2, 0) is 4.74 Å². The quantitative estimate of drug-likeness (QED) is 0.528. The van der Waals surface area contributed by atoms with E-state index in [1.807, 2.05) is 0 Å². The molecule has 104 valence electrons. The molecule has 18 heavy (non-hydrogen) atoms. The summed E-state index contributed by atoms with van der Waals surface area (Å²) in [6, 6.07) is 0. The topological polar surface area (TPSA) is 94.3 Å². The lowest BCUT2D eigenvalue weighted by atomic mass is 9.85. The van der Waals surface area contributed by atoms with Crippen LogP contribution in [0.3, 0.4) is 0 Å². The van der Waals surface area contributed by atoms with Crippen LogP contribution in [0.25, 0.3) is 0 Å². The van der Waals surface area contributed by atoms with Gasteiger partial charge in [0.15, 0.2) is 5.76 Å². The molecular formula is C12H22N2O4. The van der Waals surface area contributed by atoms with Crippen LogP contribution in [0, 0.1) is 0 Å². The number of hydrogen-bond donors (Lipinski definition) is 4. The smallest absolute Gasteiger partial charge is 0.158 e. The molecule has 0 amide bonds. The van der Waals surface area contributed by atoms with Crippen molar-refractivity contribution < 1.29 is 20.1 Å². The molecule has 2 unspecified atom stereocenters. The molecule has 0 saturated heterocycles. The number of aliphatic hydroxyl groups is 3. The number of nitrogens with one attached hydrogen (secondary N) is 1. The summed E-state index contributed by atoms with van der Waals surface area (Å²) in [5.74, 6) is 0.580. The van der Waals surface area contributed by atoms with Gasteiger partial charge in [-0.1, -0.05) is 0 Å². The van der Waals surface area contributed by atoms with Crippen LogP contribution in [-0.4, -0.2) is 60.0 Å². The Morgan fingerprint density at radius 3 is 2.61 bits per heavy atom. The maximum absolute atomic E-state index is 10.2. The molecule has 0 aromatic rings. The highest BCUT2D eigenvalue weighted by molar-refractivity contribution is 6.00. The third-order valence-corrected chi connectivity index (χ3v) is 2.92. The number of methoxy groups -OCH3 is 1. The second-order valence-corrected chi connectivity index (χ2v) is 4.65. The van der Waals surface area contributed by atoms with Gasteiger partial charge in [-0.25, -0.2) is 0 Å². The van der Waals surface area contributed by atoms with E-state index < -0.39 is 11.7 Å². The van der Waals surface area contributed by atoms with Gasteiger partial charge in [0.1, 0.15) is 0 Å². The fraction of sp³-hybridized carbons (Fsp3) is 0.750. The summed E-state index contributed by atoms with van der Waals surface area (Å²) in [6.45, 7) is 1.67. The highest BCUT2D eigenvalue weighted by Gasteiger charge is 2.37. The van der Waals surface area contributed by atoms with Gasteiger partial charge in [0, 0.05) is 26.4 Å². The number of nitrogens with zero attached hydrogens (tertiary/aromatic N) is 1. The Morgan fingerprint density at radius 2 is 2.17 bits per heavy atom. The molecule has 0 aliphatic heterocycles. The number of aliphatic hydroxyl groups excluding tert-OH is 2. The van der Waals surface area contributed by atoms with E-state index >= 15 is 0 Å². The van der Waals surface area contributed by atoms with Crippen molar-refractivity contribution in [2.45, 2.75) is 31.5 Å². The molecule has 0 heterocycles. The predicted octanol–water partition coefficient (Wildman–Crippen LogP) is -0.597. The average Bonchev–Trinajstić information content (AvgIpc) is 2.35. The lowest BCUT2D eigenvalue weighted by Gasteiger charge is -2.34. The number of allylic oxidation sites excluding steroid dienone is 1. The first-order chi connectivity index (χ1) is 8.45. The highest BCUT2D eigenvalue weighted by Crippen LogP contribution is 2.30. The van der Waals surface area contributed by atoms with Gasteiger partial charge in [-0.3, -0.25) is 4.99 Å². The van der Waals surface area contributed by atoms with Crippen molar-refractivity contribution in [1.29, 1.82) is 0 Å². The zero-order valence-corrected chi connectivity index (χ0v) is 11.1. The second kappa shape index (κ2) is 6.17. The first-order valence-corrected chi connectivity index (χ1v) is 5.94. The third kappa shape index (κ3) is 3.44. The summed E-state index contributed by atoms with van der Waals surface area (Å²) in [4.78, 5) is 4.08. The van der Waals surface area contributed by atoms with Gasteiger partial charge in [0.2, 0.25) is 0 Å². The van der Waals surface area contributed by atoms with Crippen molar-refractivity contribution in [3.63, 3.8) is 0 Å². The van der Waals surface area contributed by atoms with Crippen molar-refractivity contribution in [1.82, 2.24) is 5.32 Å². The molecule has 0 saturated carbocycles. The standard InChI is InChI=1S/C12H22N2O4/c1-8(16)6-14-10-5-12(17,7-15)4-9(13-2)11(10)18-3/h8,14-17H,4-7H2,1-3H3. The zero-order valence-electron chi connectivity index (χ0n) is 11.1. The van der Waals surface area contributed by atoms with Crippen LogP contribution < -0.4 is 5.32 Å². The van der Waals surface area contributed by atoms with Crippen LogP contribution in [0.1, 0.15) is 19.8 Å². The average molecular weight is 258 g/mol. The molecule has 0 fully saturated rings. The van der Waals surface area contributed by atoms with E-state index in [0.29, 0.717) is 23.7 Å². The molecular weight excluding hydrogens is 236 g/mol. The van der Waals surface area contributed by atoms with Crippen molar-refractivity contribution in [3.05, 3.63) is 11.5 Å². The SMILES string of the molecule is CN=C1CC(O)(CO)CC(NCC(C)O)=C1OC. The van der Waals surface area contributed by atoms with Crippen LogP contribution in [0.2, 0.25) is 0 Å². The van der Waals surface area contributed by atoms with E-state index in [2.05, 4.69) is 10.3 Å². The van der Waals surface area contributed by atoms with Crippen LogP contribution >= 0.6 is 0 Å². The molecule has 4 N–H and O–H groups in total. The lowest BCUT2D eigenvalue weighted by molar-refractivity contribution is -0.0132. The van der Waals surface area contributed by atoms with Crippen molar-refractivity contribution in [3.8, 4) is 0 Å². The van der Waals surface area contributed by atoms with E-state index in [1.54, 1.807) is 14.0 Å². The minimum Gasteiger partial charge on any atom is -0.493 e. The Morgan fingerprint density at radius 1 is 1.50 bits per heavy atom. The summed E-state index contributed by atoms with van der Waals surface area (Å²) < 4.78 is 5.29. The monoisotopic (exact) mass is 258 g/mol. The fourth-order valence-electron chi connectivity index (χ4n) is 1.99. The molecule has 1 aliphatic rings. The summed E-state index contributed by atoms with van der Waals surface area (Å²) >= 11 is 0. The normalized spacial score (nSPS) is 28.4. The van der Waals surface area contributed by atoms with Gasteiger partial charge >= 0.3 is 0 Å². The number of aliphatic imine (C=N–C) groups is 1. The minimum atomic E-state index is -1.22. The molecule has 0 bridgehead atoms. The van der Waals surface area contributed by atoms with Gasteiger partial charge in [-0.2, -0.15) is 0 Å². The molecule has 0 aromatic heterocycles. The molecule has 6 nitrogen and oxygen atoms in total. The maximum Gasteiger partial charge on any atom is 0.158 e. The fourth-order valence-corrected chi connectivity index (χ4v) is 1.99. The van der Waals surface area contributed by atoms with Crippen LogP contribution in [0.15, 0.2) is 16.4 Å². The Bertz CT molecular complexity index is 352. The molecule has 0 radical (unpaired) electrons. The number of ether oxygens (including phenoxy) is 1. The van der Waals surface area contributed by atoms with Crippen molar-refractivity contribution in [2.75, 3.05) is 27.3 Å².